The molecule has 0 atom stereocenters. The Morgan fingerprint density at radius 1 is 1.10 bits per heavy atom. The molecule has 0 bridgehead atoms. The van der Waals surface area contributed by atoms with Crippen molar-refractivity contribution in [3.05, 3.63) is 44.5 Å². The Labute approximate surface area is 157 Å². The molecule has 0 radical (unpaired) electrons. The van der Waals surface area contributed by atoms with Crippen LogP contribution in [0.3, 0.4) is 0 Å². The van der Waals surface area contributed by atoms with Gasteiger partial charge >= 0.3 is 11.9 Å². The molecule has 3 heterocycles. The lowest BCUT2D eigenvalue weighted by atomic mass is 10.1. The Balaban J connectivity index is 2.08. The van der Waals surface area contributed by atoms with Gasteiger partial charge in [-0.1, -0.05) is 0 Å². The van der Waals surface area contributed by atoms with Crippen molar-refractivity contribution in [2.45, 2.75) is 6.18 Å². The quantitative estimate of drug-likeness (QED) is 0.680. The number of halogens is 4. The van der Waals surface area contributed by atoms with Crippen LogP contribution in [0.4, 0.5) is 28.9 Å². The van der Waals surface area contributed by atoms with Crippen molar-refractivity contribution >= 4 is 23.2 Å². The van der Waals surface area contributed by atoms with Crippen LogP contribution >= 0.6 is 0 Å². The molecule has 1 aromatic heterocycles. The molecule has 0 unspecified atom stereocenters. The van der Waals surface area contributed by atoms with Gasteiger partial charge in [0.05, 0.1) is 5.69 Å². The summed E-state index contributed by atoms with van der Waals surface area (Å²) in [6, 6.07) is 0.922. The van der Waals surface area contributed by atoms with Crippen LogP contribution in [0.15, 0.2) is 21.7 Å². The average molecular weight is 414 g/mol. The van der Waals surface area contributed by atoms with Gasteiger partial charge in [-0.05, 0) is 0 Å². The summed E-state index contributed by atoms with van der Waals surface area (Å²) < 4.78 is 59.4. The zero-order valence-corrected chi connectivity index (χ0v) is 14.5. The smallest absolute Gasteiger partial charge is 0.431 e. The first-order chi connectivity index (χ1) is 13.5. The highest BCUT2D eigenvalue weighted by molar-refractivity contribution is 6.14. The Morgan fingerprint density at radius 3 is 2.45 bits per heavy atom. The van der Waals surface area contributed by atoms with Crippen molar-refractivity contribution < 1.29 is 31.9 Å². The highest BCUT2D eigenvalue weighted by Crippen LogP contribution is 2.45. The van der Waals surface area contributed by atoms with Crippen molar-refractivity contribution in [2.24, 2.45) is 7.05 Å². The van der Waals surface area contributed by atoms with E-state index in [2.05, 4.69) is 5.32 Å². The van der Waals surface area contributed by atoms with E-state index in [0.717, 1.165) is 18.0 Å². The van der Waals surface area contributed by atoms with E-state index in [1.54, 1.807) is 0 Å². The SMILES string of the molecule is Cn1c(C(F)(F)F)cc(=O)n(-c2c(F)cc3c4c2NC(=O)CN4C(=O)CO3)c1=O. The second-order valence-electron chi connectivity index (χ2n) is 6.29. The van der Waals surface area contributed by atoms with Crippen LogP contribution in [-0.4, -0.2) is 34.1 Å². The number of nitrogens with one attached hydrogen (secondary N) is 1. The Bertz CT molecular complexity index is 1210. The molecule has 2 aliphatic heterocycles. The van der Waals surface area contributed by atoms with Crippen molar-refractivity contribution in [3.63, 3.8) is 0 Å². The van der Waals surface area contributed by atoms with Gasteiger partial charge < -0.3 is 10.1 Å². The van der Waals surface area contributed by atoms with Crippen LogP contribution in [0, 0.1) is 5.82 Å². The minimum atomic E-state index is -5.00. The van der Waals surface area contributed by atoms with Gasteiger partial charge in [0, 0.05) is 19.2 Å². The topological polar surface area (TPSA) is 103 Å². The first kappa shape index (κ1) is 18.7. The lowest BCUT2D eigenvalue weighted by Crippen LogP contribution is -2.48. The normalized spacial score (nSPS) is 15.7. The maximum atomic E-state index is 14.8. The third kappa shape index (κ3) is 2.68. The molecule has 1 aromatic carbocycles. The summed E-state index contributed by atoms with van der Waals surface area (Å²) in [5.74, 6) is -2.71. The maximum absolute atomic E-state index is 14.8. The van der Waals surface area contributed by atoms with E-state index in [-0.39, 0.29) is 26.6 Å². The van der Waals surface area contributed by atoms with E-state index >= 15 is 0 Å². The third-order valence-corrected chi connectivity index (χ3v) is 4.51. The summed E-state index contributed by atoms with van der Waals surface area (Å²) in [5.41, 5.74) is -5.80. The number of rotatable bonds is 1. The third-order valence-electron chi connectivity index (χ3n) is 4.51. The van der Waals surface area contributed by atoms with Gasteiger partial charge in [-0.25, -0.2) is 13.8 Å². The molecule has 2 aromatic rings. The van der Waals surface area contributed by atoms with Crippen molar-refractivity contribution in [1.82, 2.24) is 9.13 Å². The predicted octanol–water partition coefficient (Wildman–Crippen LogP) is 0.372. The van der Waals surface area contributed by atoms with E-state index in [4.69, 9.17) is 4.74 Å². The van der Waals surface area contributed by atoms with E-state index in [0.29, 0.717) is 0 Å². The summed E-state index contributed by atoms with van der Waals surface area (Å²) in [6.45, 7) is -0.867. The van der Waals surface area contributed by atoms with Crippen molar-refractivity contribution in [2.75, 3.05) is 23.4 Å². The van der Waals surface area contributed by atoms with Crippen LogP contribution in [0.25, 0.3) is 5.69 Å². The number of benzene rings is 1. The number of ether oxygens (including phenoxy) is 1. The first-order valence-corrected chi connectivity index (χ1v) is 8.01. The van der Waals surface area contributed by atoms with Gasteiger partial charge in [-0.2, -0.15) is 13.2 Å². The second kappa shape index (κ2) is 5.93. The minimum absolute atomic E-state index is 0.0916. The molecular weight excluding hydrogens is 404 g/mol. The Morgan fingerprint density at radius 2 is 1.79 bits per heavy atom. The van der Waals surface area contributed by atoms with Crippen LogP contribution in [0.5, 0.6) is 5.75 Å². The average Bonchev–Trinajstić information content (AvgIpc) is 2.62. The minimum Gasteiger partial charge on any atom is -0.481 e. The number of alkyl halides is 3. The molecule has 152 valence electrons. The molecule has 0 saturated heterocycles. The van der Waals surface area contributed by atoms with E-state index in [9.17, 15) is 36.7 Å². The number of carbonyl (C=O) groups excluding carboxylic acids is 2. The second-order valence-corrected chi connectivity index (χ2v) is 6.29. The van der Waals surface area contributed by atoms with Crippen LogP contribution in [0.2, 0.25) is 0 Å². The fraction of sp³-hybridized carbons (Fsp3) is 0.250. The van der Waals surface area contributed by atoms with Gasteiger partial charge in [-0.15, -0.1) is 0 Å². The molecule has 0 spiro atoms. The van der Waals surface area contributed by atoms with Crippen molar-refractivity contribution in [3.8, 4) is 11.4 Å². The Kier molecular flexibility index (Phi) is 3.82. The molecule has 4 rings (SSSR count). The lowest BCUT2D eigenvalue weighted by molar-refractivity contribution is -0.144. The summed E-state index contributed by atoms with van der Waals surface area (Å²) in [7, 11) is 0.764. The molecule has 13 heteroatoms. The number of carbonyl (C=O) groups is 2. The number of hydrogen-bond acceptors (Lipinski definition) is 5. The fourth-order valence-corrected chi connectivity index (χ4v) is 3.26. The number of nitrogens with zero attached hydrogens (tertiary/aromatic N) is 3. The highest BCUT2D eigenvalue weighted by atomic mass is 19.4. The van der Waals surface area contributed by atoms with Gasteiger partial charge in [0.15, 0.2) is 12.4 Å². The Hall–Kier alpha value is -3.64. The van der Waals surface area contributed by atoms with Gasteiger partial charge in [0.25, 0.3) is 11.5 Å². The van der Waals surface area contributed by atoms with Gasteiger partial charge in [-0.3, -0.25) is 23.9 Å². The predicted molar refractivity (Wildman–Crippen MR) is 88.7 cm³/mol. The largest absolute Gasteiger partial charge is 0.481 e. The number of amides is 2. The van der Waals surface area contributed by atoms with Crippen LogP contribution in [-0.2, 0) is 22.8 Å². The zero-order valence-electron chi connectivity index (χ0n) is 14.5. The molecule has 2 aliphatic rings. The zero-order chi connectivity index (χ0) is 21.2. The van der Waals surface area contributed by atoms with E-state index < -0.39 is 65.3 Å². The van der Waals surface area contributed by atoms with E-state index in [1.165, 1.54) is 0 Å². The summed E-state index contributed by atoms with van der Waals surface area (Å²) >= 11 is 0. The first-order valence-electron chi connectivity index (χ1n) is 8.01. The van der Waals surface area contributed by atoms with Crippen LogP contribution in [0.1, 0.15) is 5.69 Å². The molecule has 1 N–H and O–H groups in total. The molecular formula is C16H10F4N4O5. The highest BCUT2D eigenvalue weighted by Gasteiger charge is 2.39. The summed E-state index contributed by atoms with van der Waals surface area (Å²) in [4.78, 5) is 49.9. The maximum Gasteiger partial charge on any atom is 0.431 e. The van der Waals surface area contributed by atoms with Gasteiger partial charge in [0.2, 0.25) is 5.91 Å². The monoisotopic (exact) mass is 414 g/mol. The standard InChI is InChI=1S/C16H10F4N4O5/c1-22-8(16(18,19)20)3-10(26)24(15(22)28)13-6(17)2-7-14-12(13)21-9(25)4-23(14)11(27)5-29-7/h2-3H,4-5H2,1H3,(H,21,25). The molecule has 0 aliphatic carbocycles. The summed E-state index contributed by atoms with van der Waals surface area (Å²) in [6.07, 6.45) is -5.00. The molecule has 9 nitrogen and oxygen atoms in total. The summed E-state index contributed by atoms with van der Waals surface area (Å²) in [5, 5.41) is 2.26. The van der Waals surface area contributed by atoms with Crippen molar-refractivity contribution in [1.29, 1.82) is 0 Å². The van der Waals surface area contributed by atoms with E-state index in [1.807, 2.05) is 0 Å². The molecule has 0 saturated carbocycles. The number of hydrogen-bond donors (Lipinski definition) is 1. The fourth-order valence-electron chi connectivity index (χ4n) is 3.26. The number of anilines is 2. The molecule has 0 fully saturated rings. The molecule has 2 amide bonds. The van der Waals surface area contributed by atoms with Gasteiger partial charge in [0.1, 0.15) is 29.4 Å². The lowest BCUT2D eigenvalue weighted by Gasteiger charge is -2.35. The number of aromatic nitrogens is 2. The molecule has 29 heavy (non-hydrogen) atoms. The van der Waals surface area contributed by atoms with Crippen LogP contribution < -0.4 is 26.2 Å².